The number of aromatic hydroxyl groups is 1. The van der Waals surface area contributed by atoms with Gasteiger partial charge >= 0.3 is 0 Å². The number of hydrogen-bond donors (Lipinski definition) is 1. The summed E-state index contributed by atoms with van der Waals surface area (Å²) < 4.78 is 11.2. The minimum absolute atomic E-state index is 0.102. The maximum atomic E-state index is 12.8. The number of Topliss-reactive ketones (excluding diaryl/α,β-unsaturated/α-hetero) is 1. The van der Waals surface area contributed by atoms with Crippen LogP contribution in [-0.2, 0) is 11.3 Å². The van der Waals surface area contributed by atoms with Crippen molar-refractivity contribution in [2.45, 2.75) is 6.54 Å². The molecule has 0 saturated carbocycles. The number of ether oxygens (including phenoxy) is 2. The number of hydrogen-bond acceptors (Lipinski definition) is 5. The van der Waals surface area contributed by atoms with E-state index in [-0.39, 0.29) is 17.3 Å². The number of nitrogens with zero attached hydrogens (tertiary/aromatic N) is 1. The summed E-state index contributed by atoms with van der Waals surface area (Å²) in [7, 11) is 0. The Morgan fingerprint density at radius 3 is 2.52 bits per heavy atom. The van der Waals surface area contributed by atoms with Gasteiger partial charge in [0.05, 0.1) is 24.3 Å². The highest BCUT2D eigenvalue weighted by atomic mass is 35.5. The quantitative estimate of drug-likeness (QED) is 0.777. The van der Waals surface area contributed by atoms with E-state index in [1.165, 1.54) is 6.07 Å². The Hall–Kier alpha value is -2.05. The average molecular weight is 406 g/mol. The maximum Gasteiger partial charge on any atom is 0.231 e. The number of fused-ring (bicyclic) bond motifs is 1. The van der Waals surface area contributed by atoms with Crippen LogP contribution < -0.4 is 4.74 Å². The van der Waals surface area contributed by atoms with E-state index in [2.05, 4.69) is 4.90 Å². The first-order valence-electron chi connectivity index (χ1n) is 8.58. The molecule has 0 spiro atoms. The Labute approximate surface area is 166 Å². The number of ketones is 1. The third kappa shape index (κ3) is 3.56. The van der Waals surface area contributed by atoms with Crippen LogP contribution in [0.5, 0.6) is 11.5 Å². The number of allylic oxidation sites excluding steroid dienone is 1. The molecule has 2 aliphatic rings. The molecule has 0 aromatic heterocycles. The van der Waals surface area contributed by atoms with Gasteiger partial charge in [0.1, 0.15) is 11.5 Å². The number of benzene rings is 2. The number of carbonyl (C=O) groups excluding carboxylic acids is 1. The number of rotatable bonds is 3. The molecule has 1 saturated heterocycles. The smallest absolute Gasteiger partial charge is 0.231 e. The van der Waals surface area contributed by atoms with Crippen LogP contribution in [0.25, 0.3) is 6.08 Å². The predicted molar refractivity (Wildman–Crippen MR) is 104 cm³/mol. The third-order valence-corrected chi connectivity index (χ3v) is 5.34. The van der Waals surface area contributed by atoms with Gasteiger partial charge in [-0.2, -0.15) is 0 Å². The standard InChI is InChI=1S/C20H17Cl2NO4/c21-15-2-1-3-16(22)13(15)10-18-19(25)12-4-5-17(24)14(20(12)27-18)11-23-6-8-26-9-7-23/h1-5,10,24H,6-9,11H2/b18-10+. The first-order valence-corrected chi connectivity index (χ1v) is 9.33. The molecule has 0 atom stereocenters. The number of morpholine rings is 1. The van der Waals surface area contributed by atoms with Gasteiger partial charge in [0, 0.05) is 35.2 Å². The van der Waals surface area contributed by atoms with Gasteiger partial charge in [-0.15, -0.1) is 0 Å². The minimum Gasteiger partial charge on any atom is -0.507 e. The van der Waals surface area contributed by atoms with Gasteiger partial charge in [0.25, 0.3) is 0 Å². The van der Waals surface area contributed by atoms with Crippen LogP contribution >= 0.6 is 23.2 Å². The van der Waals surface area contributed by atoms with Gasteiger partial charge in [-0.05, 0) is 30.3 Å². The maximum absolute atomic E-state index is 12.8. The minimum atomic E-state index is -0.260. The fraction of sp³-hybridized carbons (Fsp3) is 0.250. The summed E-state index contributed by atoms with van der Waals surface area (Å²) in [4.78, 5) is 14.9. The van der Waals surface area contributed by atoms with Gasteiger partial charge in [-0.1, -0.05) is 29.3 Å². The van der Waals surface area contributed by atoms with Gasteiger partial charge in [-0.3, -0.25) is 9.69 Å². The van der Waals surface area contributed by atoms with Crippen LogP contribution in [0.2, 0.25) is 10.0 Å². The summed E-state index contributed by atoms with van der Waals surface area (Å²) in [6.07, 6.45) is 1.54. The molecule has 140 valence electrons. The number of phenols is 1. The molecule has 1 N–H and O–H groups in total. The Morgan fingerprint density at radius 2 is 1.81 bits per heavy atom. The molecule has 0 amide bonds. The van der Waals surface area contributed by atoms with Crippen LogP contribution in [0, 0.1) is 0 Å². The molecule has 0 radical (unpaired) electrons. The third-order valence-electron chi connectivity index (χ3n) is 4.68. The summed E-state index contributed by atoms with van der Waals surface area (Å²) in [5.41, 5.74) is 1.54. The highest BCUT2D eigenvalue weighted by molar-refractivity contribution is 6.37. The summed E-state index contributed by atoms with van der Waals surface area (Å²) in [6.45, 7) is 3.28. The van der Waals surface area contributed by atoms with Crippen molar-refractivity contribution in [2.24, 2.45) is 0 Å². The average Bonchev–Trinajstić information content (AvgIpc) is 2.98. The van der Waals surface area contributed by atoms with Crippen LogP contribution in [0.15, 0.2) is 36.1 Å². The summed E-state index contributed by atoms with van der Waals surface area (Å²) in [5.74, 6) is 0.365. The van der Waals surface area contributed by atoms with E-state index < -0.39 is 0 Å². The Morgan fingerprint density at radius 1 is 1.11 bits per heavy atom. The normalized spacial score (nSPS) is 18.6. The lowest BCUT2D eigenvalue weighted by Gasteiger charge is -2.27. The second-order valence-corrected chi connectivity index (χ2v) is 7.22. The van der Waals surface area contributed by atoms with Crippen molar-refractivity contribution in [3.8, 4) is 11.5 Å². The lowest BCUT2D eigenvalue weighted by Crippen LogP contribution is -2.35. The zero-order chi connectivity index (χ0) is 19.0. The lowest BCUT2D eigenvalue weighted by molar-refractivity contribution is 0.0336. The molecule has 4 rings (SSSR count). The monoisotopic (exact) mass is 405 g/mol. The predicted octanol–water partition coefficient (Wildman–Crippen LogP) is 4.15. The SMILES string of the molecule is O=C1/C(=C\c2c(Cl)cccc2Cl)Oc2c1ccc(O)c2CN1CCOCC1. The molecule has 0 bridgehead atoms. The molecule has 2 heterocycles. The van der Waals surface area contributed by atoms with Crippen molar-refractivity contribution in [3.05, 3.63) is 62.8 Å². The molecule has 2 aromatic carbocycles. The fourth-order valence-corrected chi connectivity index (χ4v) is 3.72. The van der Waals surface area contributed by atoms with Crippen molar-refractivity contribution in [3.63, 3.8) is 0 Å². The van der Waals surface area contributed by atoms with E-state index in [9.17, 15) is 9.90 Å². The summed E-state index contributed by atoms with van der Waals surface area (Å²) in [5, 5.41) is 11.2. The van der Waals surface area contributed by atoms with Gasteiger partial charge in [0.2, 0.25) is 5.78 Å². The van der Waals surface area contributed by atoms with E-state index >= 15 is 0 Å². The molecule has 2 aromatic rings. The largest absolute Gasteiger partial charge is 0.507 e. The van der Waals surface area contributed by atoms with E-state index in [0.29, 0.717) is 52.2 Å². The fourth-order valence-electron chi connectivity index (χ4n) is 3.21. The van der Waals surface area contributed by atoms with Crippen molar-refractivity contribution in [2.75, 3.05) is 26.3 Å². The van der Waals surface area contributed by atoms with Crippen LogP contribution in [-0.4, -0.2) is 42.1 Å². The molecule has 5 nitrogen and oxygen atoms in total. The topological polar surface area (TPSA) is 59.0 Å². The molecular formula is C20H17Cl2NO4. The van der Waals surface area contributed by atoms with Gasteiger partial charge in [-0.25, -0.2) is 0 Å². The van der Waals surface area contributed by atoms with Crippen LogP contribution in [0.4, 0.5) is 0 Å². The molecule has 1 fully saturated rings. The van der Waals surface area contributed by atoms with Crippen LogP contribution in [0.1, 0.15) is 21.5 Å². The first-order chi connectivity index (χ1) is 13.0. The van der Waals surface area contributed by atoms with E-state index in [4.69, 9.17) is 32.7 Å². The first kappa shape index (κ1) is 18.3. The van der Waals surface area contributed by atoms with E-state index in [0.717, 1.165) is 13.1 Å². The van der Waals surface area contributed by atoms with Gasteiger partial charge < -0.3 is 14.6 Å². The van der Waals surface area contributed by atoms with E-state index in [1.807, 2.05) is 0 Å². The lowest BCUT2D eigenvalue weighted by atomic mass is 10.0. The van der Waals surface area contributed by atoms with Crippen molar-refractivity contribution < 1.29 is 19.4 Å². The molecule has 7 heteroatoms. The van der Waals surface area contributed by atoms with Gasteiger partial charge in [0.15, 0.2) is 5.76 Å². The number of phenolic OH excluding ortho intramolecular Hbond substituents is 1. The number of carbonyl (C=O) groups is 1. The second-order valence-electron chi connectivity index (χ2n) is 6.40. The Kier molecular flexibility index (Phi) is 5.10. The Balaban J connectivity index is 1.69. The summed E-state index contributed by atoms with van der Waals surface area (Å²) in [6, 6.07) is 8.23. The van der Waals surface area contributed by atoms with Crippen molar-refractivity contribution in [1.82, 2.24) is 4.90 Å². The molecule has 0 unspecified atom stereocenters. The second kappa shape index (κ2) is 7.52. The molecule has 27 heavy (non-hydrogen) atoms. The zero-order valence-electron chi connectivity index (χ0n) is 14.4. The molecular weight excluding hydrogens is 389 g/mol. The van der Waals surface area contributed by atoms with Crippen molar-refractivity contribution in [1.29, 1.82) is 0 Å². The highest BCUT2D eigenvalue weighted by Gasteiger charge is 2.32. The summed E-state index contributed by atoms with van der Waals surface area (Å²) >= 11 is 12.4. The zero-order valence-corrected chi connectivity index (χ0v) is 15.9. The molecule has 2 aliphatic heterocycles. The van der Waals surface area contributed by atoms with E-state index in [1.54, 1.807) is 30.3 Å². The molecule has 0 aliphatic carbocycles. The number of halogens is 2. The van der Waals surface area contributed by atoms with Crippen molar-refractivity contribution >= 4 is 35.1 Å². The Bertz CT molecular complexity index is 916. The highest BCUT2D eigenvalue weighted by Crippen LogP contribution is 2.41. The van der Waals surface area contributed by atoms with Crippen LogP contribution in [0.3, 0.4) is 0 Å².